The zero-order valence-corrected chi connectivity index (χ0v) is 14.0. The Balaban J connectivity index is 2.32. The molecule has 0 saturated carbocycles. The van der Waals surface area contributed by atoms with Crippen LogP contribution in [0, 0.1) is 0 Å². The van der Waals surface area contributed by atoms with Gasteiger partial charge < -0.3 is 4.74 Å². The molecule has 110 valence electrons. The first kappa shape index (κ1) is 15.9. The normalized spacial score (nSPS) is 11.2. The maximum atomic E-state index is 6.02. The summed E-state index contributed by atoms with van der Waals surface area (Å²) in [5.74, 6) is 0.531. The summed E-state index contributed by atoms with van der Waals surface area (Å²) in [5.41, 5.74) is 0.363. The molecule has 2 nitrogen and oxygen atoms in total. The van der Waals surface area contributed by atoms with Crippen molar-refractivity contribution in [1.29, 1.82) is 0 Å². The van der Waals surface area contributed by atoms with Gasteiger partial charge in [0.1, 0.15) is 22.2 Å². The van der Waals surface area contributed by atoms with Crippen LogP contribution >= 0.6 is 23.4 Å². The zero-order valence-electron chi connectivity index (χ0n) is 12.4. The predicted molar refractivity (Wildman–Crippen MR) is 89.7 cm³/mol. The Morgan fingerprint density at radius 1 is 1.14 bits per heavy atom. The molecule has 0 saturated heterocycles. The second-order valence-corrected chi connectivity index (χ2v) is 7.04. The molecule has 21 heavy (non-hydrogen) atoms. The molecule has 0 bridgehead atoms. The van der Waals surface area contributed by atoms with E-state index in [9.17, 15) is 0 Å². The molecule has 4 heteroatoms. The first-order valence-electron chi connectivity index (χ1n) is 6.63. The number of benzene rings is 1. The van der Waals surface area contributed by atoms with Crippen LogP contribution in [0.5, 0.6) is 0 Å². The van der Waals surface area contributed by atoms with Crippen molar-refractivity contribution in [1.82, 2.24) is 4.98 Å². The number of pyridine rings is 1. The molecular weight excluding hydrogens is 302 g/mol. The second-order valence-electron chi connectivity index (χ2n) is 5.53. The van der Waals surface area contributed by atoms with Crippen LogP contribution in [-0.4, -0.2) is 10.6 Å². The maximum absolute atomic E-state index is 6.02. The van der Waals surface area contributed by atoms with Gasteiger partial charge in [-0.25, -0.2) is 4.98 Å². The van der Waals surface area contributed by atoms with Crippen LogP contribution in [0.2, 0.25) is 5.15 Å². The van der Waals surface area contributed by atoms with Crippen LogP contribution in [0.3, 0.4) is 0 Å². The SMILES string of the molecule is C=C(OC(C)(C)C)c1nc(Cl)ccc1Sc1ccccc1. The summed E-state index contributed by atoms with van der Waals surface area (Å²) in [7, 11) is 0. The van der Waals surface area contributed by atoms with Gasteiger partial charge in [0, 0.05) is 9.79 Å². The van der Waals surface area contributed by atoms with Gasteiger partial charge in [0.2, 0.25) is 0 Å². The molecule has 1 heterocycles. The Labute approximate surface area is 135 Å². The summed E-state index contributed by atoms with van der Waals surface area (Å²) in [5, 5.41) is 0.432. The van der Waals surface area contributed by atoms with Crippen molar-refractivity contribution < 1.29 is 4.74 Å². The van der Waals surface area contributed by atoms with Crippen molar-refractivity contribution in [3.8, 4) is 0 Å². The highest BCUT2D eigenvalue weighted by Crippen LogP contribution is 2.34. The zero-order chi connectivity index (χ0) is 15.5. The minimum atomic E-state index is -0.324. The minimum Gasteiger partial charge on any atom is -0.486 e. The molecule has 0 aliphatic rings. The Morgan fingerprint density at radius 2 is 1.81 bits per heavy atom. The summed E-state index contributed by atoms with van der Waals surface area (Å²) in [6.45, 7) is 9.93. The summed E-state index contributed by atoms with van der Waals surface area (Å²) < 4.78 is 5.83. The fourth-order valence-electron chi connectivity index (χ4n) is 1.74. The lowest BCUT2D eigenvalue weighted by atomic mass is 10.2. The highest BCUT2D eigenvalue weighted by atomic mass is 35.5. The van der Waals surface area contributed by atoms with Crippen molar-refractivity contribution in [2.75, 3.05) is 0 Å². The average Bonchev–Trinajstić information content (AvgIpc) is 2.40. The number of hydrogen-bond donors (Lipinski definition) is 0. The van der Waals surface area contributed by atoms with Crippen LogP contribution in [0.4, 0.5) is 0 Å². The lowest BCUT2D eigenvalue weighted by molar-refractivity contribution is 0.0966. The summed E-state index contributed by atoms with van der Waals surface area (Å²) in [6.07, 6.45) is 0. The second kappa shape index (κ2) is 6.54. The molecule has 0 radical (unpaired) electrons. The molecule has 0 atom stereocenters. The first-order chi connectivity index (χ1) is 9.85. The van der Waals surface area contributed by atoms with Gasteiger partial charge in [-0.15, -0.1) is 0 Å². The molecule has 0 aliphatic heterocycles. The van der Waals surface area contributed by atoms with Crippen LogP contribution < -0.4 is 0 Å². The molecule has 1 aromatic carbocycles. The van der Waals surface area contributed by atoms with Crippen LogP contribution in [0.25, 0.3) is 5.76 Å². The number of ether oxygens (including phenoxy) is 1. The van der Waals surface area contributed by atoms with E-state index in [0.29, 0.717) is 16.6 Å². The molecular formula is C17H18ClNOS. The third kappa shape index (κ3) is 4.80. The fraction of sp³-hybridized carbons (Fsp3) is 0.235. The highest BCUT2D eigenvalue weighted by Gasteiger charge is 2.18. The lowest BCUT2D eigenvalue weighted by Crippen LogP contribution is -2.18. The van der Waals surface area contributed by atoms with Crippen molar-refractivity contribution >= 4 is 29.1 Å². The number of aromatic nitrogens is 1. The quantitative estimate of drug-likeness (QED) is 0.535. The van der Waals surface area contributed by atoms with E-state index < -0.39 is 0 Å². The monoisotopic (exact) mass is 319 g/mol. The standard InChI is InChI=1S/C17H18ClNOS/c1-12(20-17(2,3)4)16-14(10-11-15(18)19-16)21-13-8-6-5-7-9-13/h5-11H,1H2,2-4H3. The van der Waals surface area contributed by atoms with Crippen LogP contribution in [-0.2, 0) is 4.74 Å². The number of rotatable bonds is 4. The molecule has 0 amide bonds. The fourth-order valence-corrected chi connectivity index (χ4v) is 2.83. The van der Waals surface area contributed by atoms with E-state index in [1.54, 1.807) is 17.8 Å². The van der Waals surface area contributed by atoms with E-state index in [-0.39, 0.29) is 5.60 Å². The van der Waals surface area contributed by atoms with E-state index in [1.807, 2.05) is 45.0 Å². The van der Waals surface area contributed by atoms with Gasteiger partial charge in [-0.05, 0) is 45.0 Å². The topological polar surface area (TPSA) is 22.1 Å². The molecule has 1 aromatic heterocycles. The molecule has 0 fully saturated rings. The molecule has 0 unspecified atom stereocenters. The first-order valence-corrected chi connectivity index (χ1v) is 7.82. The van der Waals surface area contributed by atoms with Gasteiger partial charge in [-0.1, -0.05) is 48.1 Å². The maximum Gasteiger partial charge on any atom is 0.139 e. The Hall–Kier alpha value is -1.45. The number of nitrogens with zero attached hydrogens (tertiary/aromatic N) is 1. The van der Waals surface area contributed by atoms with Gasteiger partial charge in [0.15, 0.2) is 0 Å². The summed E-state index contributed by atoms with van der Waals surface area (Å²) in [6, 6.07) is 13.8. The number of hydrogen-bond acceptors (Lipinski definition) is 3. The molecule has 0 N–H and O–H groups in total. The molecule has 2 aromatic rings. The van der Waals surface area contributed by atoms with Gasteiger partial charge >= 0.3 is 0 Å². The van der Waals surface area contributed by atoms with Crippen molar-refractivity contribution in [2.24, 2.45) is 0 Å². The minimum absolute atomic E-state index is 0.324. The van der Waals surface area contributed by atoms with E-state index >= 15 is 0 Å². The van der Waals surface area contributed by atoms with E-state index in [4.69, 9.17) is 16.3 Å². The van der Waals surface area contributed by atoms with Crippen LogP contribution in [0.1, 0.15) is 26.5 Å². The molecule has 2 rings (SSSR count). The third-order valence-corrected chi connectivity index (χ3v) is 3.76. The van der Waals surface area contributed by atoms with E-state index in [2.05, 4.69) is 23.7 Å². The highest BCUT2D eigenvalue weighted by molar-refractivity contribution is 7.99. The third-order valence-electron chi connectivity index (χ3n) is 2.49. The Bertz CT molecular complexity index is 635. The largest absolute Gasteiger partial charge is 0.486 e. The smallest absolute Gasteiger partial charge is 0.139 e. The molecule has 0 spiro atoms. The Kier molecular flexibility index (Phi) is 4.96. The lowest BCUT2D eigenvalue weighted by Gasteiger charge is -2.23. The van der Waals surface area contributed by atoms with Crippen molar-refractivity contribution in [2.45, 2.75) is 36.2 Å². The van der Waals surface area contributed by atoms with E-state index in [1.165, 1.54) is 0 Å². The predicted octanol–water partition coefficient (Wildman–Crippen LogP) is 5.67. The van der Waals surface area contributed by atoms with Gasteiger partial charge in [-0.3, -0.25) is 0 Å². The van der Waals surface area contributed by atoms with Crippen molar-refractivity contribution in [3.63, 3.8) is 0 Å². The van der Waals surface area contributed by atoms with Gasteiger partial charge in [0.25, 0.3) is 0 Å². The Morgan fingerprint density at radius 3 is 2.43 bits per heavy atom. The summed E-state index contributed by atoms with van der Waals surface area (Å²) >= 11 is 7.63. The van der Waals surface area contributed by atoms with Crippen LogP contribution in [0.15, 0.2) is 58.8 Å². The number of halogens is 1. The average molecular weight is 320 g/mol. The van der Waals surface area contributed by atoms with E-state index in [0.717, 1.165) is 9.79 Å². The molecule has 0 aliphatic carbocycles. The van der Waals surface area contributed by atoms with Crippen molar-refractivity contribution in [3.05, 3.63) is 59.9 Å². The van der Waals surface area contributed by atoms with Gasteiger partial charge in [-0.2, -0.15) is 0 Å². The van der Waals surface area contributed by atoms with Gasteiger partial charge in [0.05, 0.1) is 0 Å². The summed E-state index contributed by atoms with van der Waals surface area (Å²) in [4.78, 5) is 6.48.